The normalized spacial score (nSPS) is 15.0. The summed E-state index contributed by atoms with van der Waals surface area (Å²) in [6, 6.07) is 66.3. The van der Waals surface area contributed by atoms with Crippen LogP contribution in [0.4, 0.5) is 17.1 Å². The van der Waals surface area contributed by atoms with Crippen molar-refractivity contribution in [1.82, 2.24) is 4.57 Å². The van der Waals surface area contributed by atoms with Gasteiger partial charge >= 0.3 is 0 Å². The van der Waals surface area contributed by atoms with Gasteiger partial charge < -0.3 is 9.47 Å². The Bertz CT molecular complexity index is 2580. The highest BCUT2D eigenvalue weighted by Crippen LogP contribution is 2.39. The fraction of sp³-hybridized carbons (Fsp3) is 0.111. The molecule has 0 amide bonds. The molecule has 270 valence electrons. The molecule has 0 fully saturated rings. The number of para-hydroxylation sites is 1. The maximum absolute atomic E-state index is 2.52. The number of allylic oxidation sites excluding steroid dienone is 4. The highest BCUT2D eigenvalue weighted by atomic mass is 15.1. The van der Waals surface area contributed by atoms with Crippen molar-refractivity contribution in [3.63, 3.8) is 0 Å². The first-order valence-corrected chi connectivity index (χ1v) is 20.1. The maximum atomic E-state index is 2.52. The molecule has 0 saturated heterocycles. The van der Waals surface area contributed by atoms with Crippen molar-refractivity contribution in [2.45, 2.75) is 38.0 Å². The molecular formula is C54H44N2. The molecule has 1 aromatic heterocycles. The van der Waals surface area contributed by atoms with Crippen LogP contribution in [-0.4, -0.2) is 4.57 Å². The Labute approximate surface area is 330 Å². The van der Waals surface area contributed by atoms with Gasteiger partial charge in [-0.3, -0.25) is 0 Å². The monoisotopic (exact) mass is 720 g/mol. The molecule has 2 nitrogen and oxygen atoms in total. The summed E-state index contributed by atoms with van der Waals surface area (Å²) in [6.45, 7) is 0. The van der Waals surface area contributed by atoms with Gasteiger partial charge in [-0.2, -0.15) is 0 Å². The average molecular weight is 721 g/mol. The van der Waals surface area contributed by atoms with E-state index < -0.39 is 0 Å². The van der Waals surface area contributed by atoms with Crippen LogP contribution >= 0.6 is 0 Å². The van der Waals surface area contributed by atoms with Crippen LogP contribution < -0.4 is 4.90 Å². The van der Waals surface area contributed by atoms with Crippen molar-refractivity contribution in [3.8, 4) is 27.9 Å². The Morgan fingerprint density at radius 3 is 1.55 bits per heavy atom. The van der Waals surface area contributed by atoms with E-state index in [2.05, 4.69) is 210 Å². The van der Waals surface area contributed by atoms with E-state index in [1.165, 1.54) is 80.5 Å². The number of hydrogen-bond acceptors (Lipinski definition) is 1. The van der Waals surface area contributed by atoms with Gasteiger partial charge in [-0.15, -0.1) is 0 Å². The SMILES string of the molecule is C1=CC(c2ccc(-n3c4c(c5ccccc53)CCCC4)cc2)CC=C1c1ccc(N(c2ccc(-c3ccccc3)cc2)c2ccc(-c3ccccc3)cc2)cc1. The summed E-state index contributed by atoms with van der Waals surface area (Å²) < 4.78 is 2.52. The molecule has 0 N–H and O–H groups in total. The Hall–Kier alpha value is -6.64. The molecule has 1 unspecified atom stereocenters. The predicted molar refractivity (Wildman–Crippen MR) is 236 cm³/mol. The van der Waals surface area contributed by atoms with E-state index in [0.29, 0.717) is 5.92 Å². The quantitative estimate of drug-likeness (QED) is 0.152. The molecule has 10 rings (SSSR count). The molecule has 56 heavy (non-hydrogen) atoms. The highest BCUT2D eigenvalue weighted by molar-refractivity contribution is 5.88. The maximum Gasteiger partial charge on any atom is 0.0534 e. The lowest BCUT2D eigenvalue weighted by atomic mass is 9.88. The molecule has 0 bridgehead atoms. The first kappa shape index (κ1) is 33.9. The topological polar surface area (TPSA) is 8.17 Å². The first-order chi connectivity index (χ1) is 27.8. The van der Waals surface area contributed by atoms with Crippen LogP contribution in [0.25, 0.3) is 44.4 Å². The number of aryl methyl sites for hydroxylation is 1. The number of rotatable bonds is 8. The minimum Gasteiger partial charge on any atom is -0.313 e. The lowest BCUT2D eigenvalue weighted by molar-refractivity contribution is 0.667. The minimum atomic E-state index is 0.371. The van der Waals surface area contributed by atoms with Crippen LogP contribution in [0.15, 0.2) is 200 Å². The molecule has 1 atom stereocenters. The molecule has 0 spiro atoms. The first-order valence-electron chi connectivity index (χ1n) is 20.1. The second-order valence-electron chi connectivity index (χ2n) is 15.1. The molecule has 0 saturated carbocycles. The Kier molecular flexibility index (Phi) is 9.01. The van der Waals surface area contributed by atoms with Crippen molar-refractivity contribution in [3.05, 3.63) is 223 Å². The molecule has 8 aromatic rings. The molecule has 1 heterocycles. The molecule has 0 radical (unpaired) electrons. The van der Waals surface area contributed by atoms with Crippen LogP contribution in [0.1, 0.15) is 47.6 Å². The second-order valence-corrected chi connectivity index (χ2v) is 15.1. The van der Waals surface area contributed by atoms with E-state index >= 15 is 0 Å². The van der Waals surface area contributed by atoms with Gasteiger partial charge in [0.25, 0.3) is 0 Å². The minimum absolute atomic E-state index is 0.371. The Morgan fingerprint density at radius 1 is 0.464 bits per heavy atom. The smallest absolute Gasteiger partial charge is 0.0534 e. The fourth-order valence-corrected chi connectivity index (χ4v) is 8.86. The number of hydrogen-bond donors (Lipinski definition) is 0. The van der Waals surface area contributed by atoms with Gasteiger partial charge in [0, 0.05) is 39.7 Å². The molecular weight excluding hydrogens is 677 g/mol. The lowest BCUT2D eigenvalue weighted by Crippen LogP contribution is -2.10. The largest absolute Gasteiger partial charge is 0.313 e. The van der Waals surface area contributed by atoms with Crippen LogP contribution in [0.5, 0.6) is 0 Å². The van der Waals surface area contributed by atoms with Gasteiger partial charge in [0.1, 0.15) is 0 Å². The Morgan fingerprint density at radius 2 is 0.982 bits per heavy atom. The summed E-state index contributed by atoms with van der Waals surface area (Å²) in [5, 5.41) is 1.43. The third kappa shape index (κ3) is 6.48. The van der Waals surface area contributed by atoms with Crippen LogP contribution in [-0.2, 0) is 12.8 Å². The van der Waals surface area contributed by atoms with Gasteiger partial charge in [0.2, 0.25) is 0 Å². The summed E-state index contributed by atoms with van der Waals surface area (Å²) >= 11 is 0. The zero-order valence-electron chi connectivity index (χ0n) is 31.6. The molecule has 2 heteroatoms. The molecule has 7 aromatic carbocycles. The summed E-state index contributed by atoms with van der Waals surface area (Å²) in [7, 11) is 0. The Balaban J connectivity index is 0.892. The summed E-state index contributed by atoms with van der Waals surface area (Å²) in [6.07, 6.45) is 13.0. The molecule has 2 aliphatic rings. The van der Waals surface area contributed by atoms with E-state index in [1.54, 1.807) is 5.56 Å². The zero-order valence-corrected chi connectivity index (χ0v) is 31.6. The standard InChI is InChI=1S/C54H44N2/c1-3-11-39(12-4-1)43-23-31-47(32-24-43)55(48-33-25-44(26-34-48)40-13-5-2-6-14-40)49-35-27-45(28-36-49)41-19-21-42(22-20-41)46-29-37-50(38-30-46)56-53-17-9-7-15-51(53)52-16-8-10-18-54(52)56/h1-7,9,11-15,17,19-21,23-38,42H,8,10,16,18,22H2. The lowest BCUT2D eigenvalue weighted by Gasteiger charge is -2.26. The van der Waals surface area contributed by atoms with Gasteiger partial charge in [0.15, 0.2) is 0 Å². The van der Waals surface area contributed by atoms with Crippen molar-refractivity contribution in [2.75, 3.05) is 4.90 Å². The van der Waals surface area contributed by atoms with E-state index in [4.69, 9.17) is 0 Å². The third-order valence-electron chi connectivity index (χ3n) is 11.8. The van der Waals surface area contributed by atoms with Crippen LogP contribution in [0, 0.1) is 0 Å². The number of fused-ring (bicyclic) bond motifs is 3. The highest BCUT2D eigenvalue weighted by Gasteiger charge is 2.21. The fourth-order valence-electron chi connectivity index (χ4n) is 8.86. The van der Waals surface area contributed by atoms with Crippen molar-refractivity contribution >= 4 is 33.5 Å². The van der Waals surface area contributed by atoms with Crippen molar-refractivity contribution in [2.24, 2.45) is 0 Å². The summed E-state index contributed by atoms with van der Waals surface area (Å²) in [5.41, 5.74) is 17.8. The third-order valence-corrected chi connectivity index (χ3v) is 11.8. The molecule has 0 aliphatic heterocycles. The van der Waals surface area contributed by atoms with Crippen molar-refractivity contribution in [1.29, 1.82) is 0 Å². The van der Waals surface area contributed by atoms with Crippen LogP contribution in [0.3, 0.4) is 0 Å². The number of nitrogens with zero attached hydrogens (tertiary/aromatic N) is 2. The summed E-state index contributed by atoms with van der Waals surface area (Å²) in [4.78, 5) is 2.35. The predicted octanol–water partition coefficient (Wildman–Crippen LogP) is 14.4. The van der Waals surface area contributed by atoms with E-state index in [0.717, 1.165) is 29.9 Å². The second kappa shape index (κ2) is 14.9. The van der Waals surface area contributed by atoms with Gasteiger partial charge in [-0.1, -0.05) is 146 Å². The van der Waals surface area contributed by atoms with E-state index in [-0.39, 0.29) is 0 Å². The van der Waals surface area contributed by atoms with E-state index in [9.17, 15) is 0 Å². The van der Waals surface area contributed by atoms with E-state index in [1.807, 2.05) is 0 Å². The number of aromatic nitrogens is 1. The number of anilines is 3. The molecule has 2 aliphatic carbocycles. The van der Waals surface area contributed by atoms with Crippen LogP contribution in [0.2, 0.25) is 0 Å². The average Bonchev–Trinajstić information content (AvgIpc) is 3.62. The zero-order chi connectivity index (χ0) is 37.3. The van der Waals surface area contributed by atoms with Gasteiger partial charge in [-0.05, 0) is 131 Å². The number of benzene rings is 7. The van der Waals surface area contributed by atoms with Gasteiger partial charge in [0.05, 0.1) is 5.52 Å². The summed E-state index contributed by atoms with van der Waals surface area (Å²) in [5.74, 6) is 0.371. The van der Waals surface area contributed by atoms with Gasteiger partial charge in [-0.25, -0.2) is 0 Å². The van der Waals surface area contributed by atoms with Crippen molar-refractivity contribution < 1.29 is 0 Å².